The van der Waals surface area contributed by atoms with E-state index in [1.807, 2.05) is 43.3 Å². The van der Waals surface area contributed by atoms with Crippen LogP contribution in [0.1, 0.15) is 52.0 Å². The number of carbonyl (C=O) groups excluding carboxylic acids is 1. The van der Waals surface area contributed by atoms with Crippen molar-refractivity contribution in [3.8, 4) is 11.6 Å². The Morgan fingerprint density at radius 1 is 1.07 bits per heavy atom. The Balaban J connectivity index is 1.20. The summed E-state index contributed by atoms with van der Waals surface area (Å²) in [5.74, 6) is 1.13. The van der Waals surface area contributed by atoms with Crippen LogP contribution in [0.2, 0.25) is 0 Å². The van der Waals surface area contributed by atoms with Gasteiger partial charge >= 0.3 is 5.97 Å². The monoisotopic (exact) mass is 602 g/mol. The van der Waals surface area contributed by atoms with Gasteiger partial charge in [-0.15, -0.1) is 0 Å². The number of ether oxygens (including phenoxy) is 2. The number of rotatable bonds is 11. The maximum Gasteiger partial charge on any atom is 0.309 e. The van der Waals surface area contributed by atoms with Crippen molar-refractivity contribution in [2.24, 2.45) is 11.3 Å². The minimum absolute atomic E-state index is 0.0808. The van der Waals surface area contributed by atoms with Crippen molar-refractivity contribution in [3.05, 3.63) is 60.6 Å². The average Bonchev–Trinajstić information content (AvgIpc) is 3.02. The van der Waals surface area contributed by atoms with Crippen molar-refractivity contribution >= 4 is 29.2 Å². The second kappa shape index (κ2) is 13.9. The standard InChI is InChI=1S/C33H42N6O5/c1-4-43-27-13-6-14-35-31(27)44-26-12-8-16-39(22-26)29-20-34-19-28(36-29)37-30(40)24-10-7-15-38(21-24)25-11-5-9-23(17-25)18-33(2,3)32(41)42/h5-6,9,11,13-14,17,19-20,24,26H,4,7-8,10,12,15-16,18,21-22H2,1-3H3,(H,41,42)(H,36,37,40)/t24-,26-/m1/s1. The van der Waals surface area contributed by atoms with Crippen LogP contribution in [-0.4, -0.2) is 70.8 Å². The number of aliphatic carboxylic acids is 1. The zero-order valence-electron chi connectivity index (χ0n) is 25.7. The third-order valence-electron chi connectivity index (χ3n) is 8.18. The Labute approximate surface area is 258 Å². The highest BCUT2D eigenvalue weighted by Crippen LogP contribution is 2.30. The summed E-state index contributed by atoms with van der Waals surface area (Å²) in [7, 11) is 0. The molecular formula is C33H42N6O5. The van der Waals surface area contributed by atoms with Crippen molar-refractivity contribution in [3.63, 3.8) is 0 Å². The lowest BCUT2D eigenvalue weighted by molar-refractivity contribution is -0.146. The second-order valence-electron chi connectivity index (χ2n) is 12.1. The summed E-state index contributed by atoms with van der Waals surface area (Å²) >= 11 is 0. The van der Waals surface area contributed by atoms with E-state index in [2.05, 4.69) is 25.1 Å². The number of benzene rings is 1. The number of hydrogen-bond acceptors (Lipinski definition) is 9. The van der Waals surface area contributed by atoms with Crippen LogP contribution in [0.5, 0.6) is 11.6 Å². The average molecular weight is 603 g/mol. The van der Waals surface area contributed by atoms with E-state index in [9.17, 15) is 14.7 Å². The summed E-state index contributed by atoms with van der Waals surface area (Å²) in [6, 6.07) is 11.7. The molecule has 2 aliphatic heterocycles. The summed E-state index contributed by atoms with van der Waals surface area (Å²) in [5, 5.41) is 12.5. The van der Waals surface area contributed by atoms with E-state index < -0.39 is 11.4 Å². The lowest BCUT2D eigenvalue weighted by atomic mass is 9.86. The van der Waals surface area contributed by atoms with E-state index in [4.69, 9.17) is 14.5 Å². The molecule has 0 bridgehead atoms. The van der Waals surface area contributed by atoms with Crippen molar-refractivity contribution < 1.29 is 24.2 Å². The van der Waals surface area contributed by atoms with Gasteiger partial charge in [0.05, 0.1) is 36.9 Å². The van der Waals surface area contributed by atoms with Crippen molar-refractivity contribution in [2.45, 2.75) is 59.0 Å². The van der Waals surface area contributed by atoms with Gasteiger partial charge in [-0.05, 0) is 82.7 Å². The lowest BCUT2D eigenvalue weighted by Crippen LogP contribution is -2.42. The topological polar surface area (TPSA) is 130 Å². The number of aromatic nitrogens is 3. The highest BCUT2D eigenvalue weighted by atomic mass is 16.5. The maximum absolute atomic E-state index is 13.4. The number of amides is 1. The predicted octanol–water partition coefficient (Wildman–Crippen LogP) is 4.83. The van der Waals surface area contributed by atoms with Crippen LogP contribution in [0, 0.1) is 11.3 Å². The van der Waals surface area contributed by atoms with Gasteiger partial charge in [0.2, 0.25) is 5.91 Å². The molecule has 1 amide bonds. The summed E-state index contributed by atoms with van der Waals surface area (Å²) in [6.45, 7) is 8.78. The van der Waals surface area contributed by atoms with E-state index in [1.54, 1.807) is 32.4 Å². The summed E-state index contributed by atoms with van der Waals surface area (Å²) in [6.07, 6.45) is 8.81. The number of piperidine rings is 2. The molecule has 4 heterocycles. The fourth-order valence-electron chi connectivity index (χ4n) is 5.80. The summed E-state index contributed by atoms with van der Waals surface area (Å²) in [5.41, 5.74) is 1.12. The van der Waals surface area contributed by atoms with Crippen LogP contribution < -0.4 is 24.6 Å². The lowest BCUT2D eigenvalue weighted by Gasteiger charge is -2.34. The molecule has 44 heavy (non-hydrogen) atoms. The number of carboxylic acid groups (broad SMARTS) is 1. The first kappa shape index (κ1) is 31.0. The van der Waals surface area contributed by atoms with E-state index in [0.29, 0.717) is 49.4 Å². The molecule has 0 radical (unpaired) electrons. The van der Waals surface area contributed by atoms with E-state index in [0.717, 1.165) is 50.0 Å². The smallest absolute Gasteiger partial charge is 0.309 e. The zero-order valence-corrected chi connectivity index (χ0v) is 25.7. The highest BCUT2D eigenvalue weighted by Gasteiger charge is 2.30. The first-order valence-corrected chi connectivity index (χ1v) is 15.4. The number of nitrogens with zero attached hydrogens (tertiary/aromatic N) is 5. The highest BCUT2D eigenvalue weighted by molar-refractivity contribution is 5.92. The van der Waals surface area contributed by atoms with Gasteiger partial charge in [0, 0.05) is 31.5 Å². The normalized spacial score (nSPS) is 18.9. The van der Waals surface area contributed by atoms with Gasteiger partial charge in [-0.3, -0.25) is 14.6 Å². The van der Waals surface area contributed by atoms with Gasteiger partial charge in [0.25, 0.3) is 5.88 Å². The molecule has 2 atom stereocenters. The fourth-order valence-corrected chi connectivity index (χ4v) is 5.80. The molecule has 5 rings (SSSR count). The molecule has 0 aliphatic carbocycles. The Hall–Kier alpha value is -4.41. The number of carbonyl (C=O) groups is 2. The maximum atomic E-state index is 13.4. The van der Waals surface area contributed by atoms with Gasteiger partial charge in [-0.1, -0.05) is 12.1 Å². The first-order chi connectivity index (χ1) is 21.2. The number of hydrogen-bond donors (Lipinski definition) is 2. The van der Waals surface area contributed by atoms with Gasteiger partial charge in [-0.25, -0.2) is 9.97 Å². The summed E-state index contributed by atoms with van der Waals surface area (Å²) < 4.78 is 11.9. The number of carboxylic acids is 1. The molecule has 2 aromatic heterocycles. The molecule has 3 aromatic rings. The van der Waals surface area contributed by atoms with Crippen LogP contribution in [0.4, 0.5) is 17.3 Å². The molecule has 0 saturated carbocycles. The first-order valence-electron chi connectivity index (χ1n) is 15.4. The van der Waals surface area contributed by atoms with Crippen LogP contribution >= 0.6 is 0 Å². The van der Waals surface area contributed by atoms with E-state index in [1.165, 1.54) is 0 Å². The quantitative estimate of drug-likeness (QED) is 0.315. The van der Waals surface area contributed by atoms with Gasteiger partial charge in [0.1, 0.15) is 11.9 Å². The van der Waals surface area contributed by atoms with Gasteiger partial charge < -0.3 is 29.7 Å². The zero-order chi connectivity index (χ0) is 31.1. The molecule has 2 aliphatic rings. The fraction of sp³-hybridized carbons (Fsp3) is 0.485. The molecule has 2 fully saturated rings. The van der Waals surface area contributed by atoms with Crippen LogP contribution in [0.3, 0.4) is 0 Å². The van der Waals surface area contributed by atoms with E-state index >= 15 is 0 Å². The van der Waals surface area contributed by atoms with Crippen molar-refractivity contribution in [1.29, 1.82) is 0 Å². The van der Waals surface area contributed by atoms with Crippen molar-refractivity contribution in [2.75, 3.05) is 47.9 Å². The Morgan fingerprint density at radius 2 is 1.89 bits per heavy atom. The Kier molecular flexibility index (Phi) is 9.82. The predicted molar refractivity (Wildman–Crippen MR) is 168 cm³/mol. The van der Waals surface area contributed by atoms with Gasteiger partial charge in [0.15, 0.2) is 11.6 Å². The minimum atomic E-state index is -0.854. The molecule has 0 spiro atoms. The second-order valence-corrected chi connectivity index (χ2v) is 12.1. The van der Waals surface area contributed by atoms with Crippen LogP contribution in [0.15, 0.2) is 55.0 Å². The molecule has 0 unspecified atom stereocenters. The molecular weight excluding hydrogens is 560 g/mol. The SMILES string of the molecule is CCOc1cccnc1O[C@@H]1CCCN(c2cncc(NC(=O)[C@@H]3CCCN(c4cccc(CC(C)(C)C(=O)O)c4)C3)n2)C1. The molecule has 1 aromatic carbocycles. The Morgan fingerprint density at radius 3 is 2.70 bits per heavy atom. The third kappa shape index (κ3) is 7.75. The number of anilines is 3. The molecule has 11 nitrogen and oxygen atoms in total. The number of nitrogens with one attached hydrogen (secondary N) is 1. The molecule has 2 N–H and O–H groups in total. The largest absolute Gasteiger partial charge is 0.488 e. The molecule has 2 saturated heterocycles. The van der Waals surface area contributed by atoms with Crippen LogP contribution in [0.25, 0.3) is 0 Å². The van der Waals surface area contributed by atoms with E-state index in [-0.39, 0.29) is 17.9 Å². The van der Waals surface area contributed by atoms with Crippen LogP contribution in [-0.2, 0) is 16.0 Å². The van der Waals surface area contributed by atoms with Gasteiger partial charge in [-0.2, -0.15) is 0 Å². The molecule has 234 valence electrons. The number of pyridine rings is 1. The van der Waals surface area contributed by atoms with Crippen molar-refractivity contribution in [1.82, 2.24) is 15.0 Å². The minimum Gasteiger partial charge on any atom is -0.488 e. The summed E-state index contributed by atoms with van der Waals surface area (Å²) in [4.78, 5) is 42.8. The Bertz CT molecular complexity index is 1450. The molecule has 11 heteroatoms. The third-order valence-corrected chi connectivity index (χ3v) is 8.18.